The van der Waals surface area contributed by atoms with Crippen molar-refractivity contribution in [3.63, 3.8) is 0 Å². The Morgan fingerprint density at radius 2 is 1.73 bits per heavy atom. The largest absolute Gasteiger partial charge is 0.478 e. The average Bonchev–Trinajstić information content (AvgIpc) is 3.05. The molecule has 0 aromatic rings. The van der Waals surface area contributed by atoms with E-state index in [4.69, 9.17) is 10.2 Å². The minimum absolute atomic E-state index is 0.104. The number of aliphatic hydroxyl groups is 1. The van der Waals surface area contributed by atoms with Crippen molar-refractivity contribution in [2.75, 3.05) is 6.54 Å². The fraction of sp³-hybridized carbons (Fsp3) is 0.750. The molecule has 0 aromatic heterocycles. The standard InChI is InChI=1S/C12H23NO.C4H4O4/c1-8(2)13-7-12(14)11-6-9-3-4-10(11)5-9;5-3(6)1-2-4(7)8/h8-14H,3-7H2,1-2H3;1-2H,(H,5,6)(H,7,8)/b;2-1-. The highest BCUT2D eigenvalue weighted by atomic mass is 16.4. The summed E-state index contributed by atoms with van der Waals surface area (Å²) in [4.78, 5) is 19.1. The minimum atomic E-state index is -1.26. The van der Waals surface area contributed by atoms with Gasteiger partial charge in [0.05, 0.1) is 6.10 Å². The van der Waals surface area contributed by atoms with Crippen LogP contribution in [0.15, 0.2) is 12.2 Å². The molecule has 2 aliphatic carbocycles. The molecule has 0 heterocycles. The zero-order chi connectivity index (χ0) is 16.7. The Morgan fingerprint density at radius 3 is 2.09 bits per heavy atom. The molecule has 6 nitrogen and oxygen atoms in total. The molecule has 0 radical (unpaired) electrons. The van der Waals surface area contributed by atoms with Crippen molar-refractivity contribution in [3.05, 3.63) is 12.2 Å². The summed E-state index contributed by atoms with van der Waals surface area (Å²) >= 11 is 0. The lowest BCUT2D eigenvalue weighted by Gasteiger charge is -2.27. The molecule has 4 unspecified atom stereocenters. The monoisotopic (exact) mass is 313 g/mol. The summed E-state index contributed by atoms with van der Waals surface area (Å²) in [6, 6.07) is 0.489. The van der Waals surface area contributed by atoms with Gasteiger partial charge < -0.3 is 20.6 Å². The van der Waals surface area contributed by atoms with Gasteiger partial charge in [-0.3, -0.25) is 0 Å². The molecule has 0 aromatic carbocycles. The topological polar surface area (TPSA) is 107 Å². The van der Waals surface area contributed by atoms with Gasteiger partial charge in [0, 0.05) is 24.7 Å². The van der Waals surface area contributed by atoms with Crippen LogP contribution in [-0.2, 0) is 9.59 Å². The number of rotatable bonds is 6. The predicted molar refractivity (Wildman–Crippen MR) is 82.5 cm³/mol. The molecule has 4 N–H and O–H groups in total. The van der Waals surface area contributed by atoms with Crippen LogP contribution in [0.3, 0.4) is 0 Å². The van der Waals surface area contributed by atoms with Crippen molar-refractivity contribution in [2.45, 2.75) is 51.7 Å². The predicted octanol–water partition coefficient (Wildman–Crippen LogP) is 1.49. The first-order valence-corrected chi connectivity index (χ1v) is 7.85. The summed E-state index contributed by atoms with van der Waals surface area (Å²) < 4.78 is 0. The van der Waals surface area contributed by atoms with Crippen LogP contribution in [-0.4, -0.2) is 45.9 Å². The molecule has 2 rings (SSSR count). The maximum absolute atomic E-state index is 10.1. The number of carbonyl (C=O) groups is 2. The third-order valence-electron chi connectivity index (χ3n) is 4.39. The fourth-order valence-corrected chi connectivity index (χ4v) is 3.42. The number of carboxylic acids is 2. The lowest BCUT2D eigenvalue weighted by atomic mass is 9.84. The van der Waals surface area contributed by atoms with Crippen LogP contribution in [0, 0.1) is 17.8 Å². The molecule has 0 spiro atoms. The number of aliphatic hydroxyl groups excluding tert-OH is 1. The van der Waals surface area contributed by atoms with Crippen LogP contribution >= 0.6 is 0 Å². The van der Waals surface area contributed by atoms with Gasteiger partial charge in [-0.05, 0) is 37.0 Å². The Bertz CT molecular complexity index is 391. The van der Waals surface area contributed by atoms with Gasteiger partial charge in [-0.25, -0.2) is 9.59 Å². The highest BCUT2D eigenvalue weighted by Crippen LogP contribution is 2.49. The van der Waals surface area contributed by atoms with Crippen molar-refractivity contribution in [1.82, 2.24) is 5.32 Å². The van der Waals surface area contributed by atoms with E-state index in [9.17, 15) is 14.7 Å². The summed E-state index contributed by atoms with van der Waals surface area (Å²) in [6.07, 6.45) is 6.48. The van der Waals surface area contributed by atoms with Crippen molar-refractivity contribution >= 4 is 11.9 Å². The maximum Gasteiger partial charge on any atom is 0.328 e. The van der Waals surface area contributed by atoms with Crippen molar-refractivity contribution in [3.8, 4) is 0 Å². The van der Waals surface area contributed by atoms with Crippen molar-refractivity contribution in [1.29, 1.82) is 0 Å². The van der Waals surface area contributed by atoms with E-state index in [0.29, 0.717) is 24.1 Å². The fourth-order valence-electron chi connectivity index (χ4n) is 3.42. The average molecular weight is 313 g/mol. The highest BCUT2D eigenvalue weighted by molar-refractivity contribution is 5.89. The van der Waals surface area contributed by atoms with Gasteiger partial charge in [0.1, 0.15) is 0 Å². The highest BCUT2D eigenvalue weighted by Gasteiger charge is 2.42. The second-order valence-corrected chi connectivity index (χ2v) is 6.48. The first-order chi connectivity index (χ1) is 10.3. The SMILES string of the molecule is CC(C)NCC(O)C1CC2CCC1C2.O=C(O)/C=C\C(=O)O. The van der Waals surface area contributed by atoms with Gasteiger partial charge in [-0.2, -0.15) is 0 Å². The van der Waals surface area contributed by atoms with Crippen LogP contribution in [0.5, 0.6) is 0 Å². The van der Waals surface area contributed by atoms with Gasteiger partial charge in [0.15, 0.2) is 0 Å². The molecule has 2 aliphatic rings. The molecular weight excluding hydrogens is 286 g/mol. The summed E-state index contributed by atoms with van der Waals surface area (Å²) in [5.74, 6) is -0.137. The van der Waals surface area contributed by atoms with E-state index in [2.05, 4.69) is 19.2 Å². The number of aliphatic carboxylic acids is 2. The summed E-state index contributed by atoms with van der Waals surface area (Å²) in [7, 11) is 0. The Balaban J connectivity index is 0.000000261. The molecule has 126 valence electrons. The van der Waals surface area contributed by atoms with E-state index in [0.717, 1.165) is 18.4 Å². The van der Waals surface area contributed by atoms with Crippen LogP contribution in [0.4, 0.5) is 0 Å². The Morgan fingerprint density at radius 1 is 1.14 bits per heavy atom. The van der Waals surface area contributed by atoms with Gasteiger partial charge in [-0.1, -0.05) is 20.3 Å². The van der Waals surface area contributed by atoms with Gasteiger partial charge in [0.2, 0.25) is 0 Å². The molecule has 22 heavy (non-hydrogen) atoms. The third kappa shape index (κ3) is 6.58. The minimum Gasteiger partial charge on any atom is -0.478 e. The molecule has 2 bridgehead atoms. The molecule has 0 saturated heterocycles. The maximum atomic E-state index is 10.1. The molecule has 2 fully saturated rings. The third-order valence-corrected chi connectivity index (χ3v) is 4.39. The van der Waals surface area contributed by atoms with E-state index in [1.165, 1.54) is 25.7 Å². The second-order valence-electron chi connectivity index (χ2n) is 6.48. The number of hydrogen-bond donors (Lipinski definition) is 4. The van der Waals surface area contributed by atoms with Gasteiger partial charge >= 0.3 is 11.9 Å². The van der Waals surface area contributed by atoms with Crippen molar-refractivity contribution < 1.29 is 24.9 Å². The smallest absolute Gasteiger partial charge is 0.328 e. The zero-order valence-electron chi connectivity index (χ0n) is 13.2. The molecule has 6 heteroatoms. The Kier molecular flexibility index (Phi) is 7.55. The number of nitrogens with one attached hydrogen (secondary N) is 1. The first kappa shape index (κ1) is 18.6. The number of carboxylic acid groups (broad SMARTS) is 2. The second kappa shape index (κ2) is 8.90. The quantitative estimate of drug-likeness (QED) is 0.554. The van der Waals surface area contributed by atoms with E-state index < -0.39 is 11.9 Å². The van der Waals surface area contributed by atoms with E-state index in [1.807, 2.05) is 0 Å². The number of fused-ring (bicyclic) bond motifs is 2. The normalized spacial score (nSPS) is 27.7. The summed E-state index contributed by atoms with van der Waals surface area (Å²) in [5, 5.41) is 29.0. The van der Waals surface area contributed by atoms with Crippen molar-refractivity contribution in [2.24, 2.45) is 17.8 Å². The lowest BCUT2D eigenvalue weighted by Crippen LogP contribution is -2.38. The lowest BCUT2D eigenvalue weighted by molar-refractivity contribution is -0.134. The van der Waals surface area contributed by atoms with Crippen LogP contribution in [0.25, 0.3) is 0 Å². The van der Waals surface area contributed by atoms with E-state index >= 15 is 0 Å². The molecule has 0 aliphatic heterocycles. The Labute approximate surface area is 131 Å². The first-order valence-electron chi connectivity index (χ1n) is 7.85. The summed E-state index contributed by atoms with van der Waals surface area (Å²) in [6.45, 7) is 5.05. The Hall–Kier alpha value is -1.40. The number of hydrogen-bond acceptors (Lipinski definition) is 4. The van der Waals surface area contributed by atoms with E-state index in [1.54, 1.807) is 0 Å². The van der Waals surface area contributed by atoms with Gasteiger partial charge in [-0.15, -0.1) is 0 Å². The molecule has 0 amide bonds. The molecule has 2 saturated carbocycles. The van der Waals surface area contributed by atoms with Crippen LogP contribution < -0.4 is 5.32 Å². The molecular formula is C16H27NO5. The zero-order valence-corrected chi connectivity index (χ0v) is 13.2. The molecule has 4 atom stereocenters. The van der Waals surface area contributed by atoms with Crippen LogP contribution in [0.1, 0.15) is 39.5 Å². The van der Waals surface area contributed by atoms with E-state index in [-0.39, 0.29) is 6.10 Å². The van der Waals surface area contributed by atoms with Crippen LogP contribution in [0.2, 0.25) is 0 Å². The summed E-state index contributed by atoms with van der Waals surface area (Å²) in [5.41, 5.74) is 0. The van der Waals surface area contributed by atoms with Gasteiger partial charge in [0.25, 0.3) is 0 Å².